The van der Waals surface area contributed by atoms with Gasteiger partial charge >= 0.3 is 0 Å². The maximum absolute atomic E-state index is 13.2. The summed E-state index contributed by atoms with van der Waals surface area (Å²) in [5, 5.41) is 17.4. The molecule has 3 N–H and O–H groups in total. The van der Waals surface area contributed by atoms with Crippen LogP contribution in [0.1, 0.15) is 28.3 Å². The zero-order valence-electron chi connectivity index (χ0n) is 15.0. The number of rotatable bonds is 5. The molecule has 0 radical (unpaired) electrons. The first-order valence-electron chi connectivity index (χ1n) is 8.94. The molecule has 1 atom stereocenters. The number of aromatic nitrogens is 1. The Labute approximate surface area is 166 Å². The Balaban J connectivity index is 1.62. The van der Waals surface area contributed by atoms with Crippen LogP contribution < -0.4 is 10.6 Å². The number of hydrogen-bond acceptors (Lipinski definition) is 5. The van der Waals surface area contributed by atoms with Crippen LogP contribution in [0.3, 0.4) is 0 Å². The first-order chi connectivity index (χ1) is 13.6. The Morgan fingerprint density at radius 2 is 1.71 bits per heavy atom. The lowest BCUT2D eigenvalue weighted by Gasteiger charge is -2.27. The topological polar surface area (TPSA) is 91.3 Å². The van der Waals surface area contributed by atoms with E-state index in [9.17, 15) is 14.7 Å². The molecule has 0 spiro atoms. The molecule has 1 fully saturated rings. The SMILES string of the molecule is O=C1CC(c2cnc(NC(=O)C(O)(c3ccccc3)c3ccccc3)s2)CN1. The predicted octanol–water partition coefficient (Wildman–Crippen LogP) is 2.62. The van der Waals surface area contributed by atoms with Crippen LogP contribution in [0.4, 0.5) is 5.13 Å². The summed E-state index contributed by atoms with van der Waals surface area (Å²) >= 11 is 1.32. The fourth-order valence-electron chi connectivity index (χ4n) is 3.31. The summed E-state index contributed by atoms with van der Waals surface area (Å²) < 4.78 is 0. The molecule has 2 amide bonds. The lowest BCUT2D eigenvalue weighted by molar-refractivity contribution is -0.131. The largest absolute Gasteiger partial charge is 0.372 e. The molecule has 142 valence electrons. The molecule has 1 saturated heterocycles. The van der Waals surface area contributed by atoms with Crippen LogP contribution in [-0.2, 0) is 15.2 Å². The summed E-state index contributed by atoms with van der Waals surface area (Å²) in [6.45, 7) is 0.576. The van der Waals surface area contributed by atoms with Crippen molar-refractivity contribution < 1.29 is 14.7 Å². The maximum Gasteiger partial charge on any atom is 0.267 e. The van der Waals surface area contributed by atoms with E-state index in [0.29, 0.717) is 29.2 Å². The van der Waals surface area contributed by atoms with Crippen molar-refractivity contribution in [1.82, 2.24) is 10.3 Å². The zero-order chi connectivity index (χ0) is 19.6. The lowest BCUT2D eigenvalue weighted by atomic mass is 9.85. The highest BCUT2D eigenvalue weighted by Gasteiger charge is 2.40. The highest BCUT2D eigenvalue weighted by Crippen LogP contribution is 2.34. The molecule has 28 heavy (non-hydrogen) atoms. The van der Waals surface area contributed by atoms with Gasteiger partial charge in [-0.15, -0.1) is 11.3 Å². The molecule has 1 aliphatic rings. The van der Waals surface area contributed by atoms with E-state index in [1.165, 1.54) is 11.3 Å². The third-order valence-electron chi connectivity index (χ3n) is 4.84. The van der Waals surface area contributed by atoms with Crippen molar-refractivity contribution in [2.24, 2.45) is 0 Å². The molecule has 2 aromatic carbocycles. The van der Waals surface area contributed by atoms with Crippen LogP contribution >= 0.6 is 11.3 Å². The van der Waals surface area contributed by atoms with Gasteiger partial charge in [-0.1, -0.05) is 60.7 Å². The summed E-state index contributed by atoms with van der Waals surface area (Å²) in [6.07, 6.45) is 2.10. The van der Waals surface area contributed by atoms with Crippen LogP contribution in [0.2, 0.25) is 0 Å². The van der Waals surface area contributed by atoms with Crippen molar-refractivity contribution in [1.29, 1.82) is 0 Å². The van der Waals surface area contributed by atoms with Crippen LogP contribution in [0, 0.1) is 0 Å². The van der Waals surface area contributed by atoms with E-state index in [4.69, 9.17) is 0 Å². The average molecular weight is 393 g/mol. The smallest absolute Gasteiger partial charge is 0.267 e. The van der Waals surface area contributed by atoms with Gasteiger partial charge in [-0.05, 0) is 11.1 Å². The Bertz CT molecular complexity index is 949. The van der Waals surface area contributed by atoms with Crippen LogP contribution in [0.5, 0.6) is 0 Å². The van der Waals surface area contributed by atoms with Gasteiger partial charge in [-0.2, -0.15) is 0 Å². The highest BCUT2D eigenvalue weighted by atomic mass is 32.1. The van der Waals surface area contributed by atoms with E-state index < -0.39 is 11.5 Å². The van der Waals surface area contributed by atoms with Crippen molar-refractivity contribution >= 4 is 28.3 Å². The lowest BCUT2D eigenvalue weighted by Crippen LogP contribution is -2.41. The second kappa shape index (κ2) is 7.53. The van der Waals surface area contributed by atoms with Crippen LogP contribution in [0.25, 0.3) is 0 Å². The number of carbonyl (C=O) groups is 2. The zero-order valence-corrected chi connectivity index (χ0v) is 15.8. The molecule has 1 aromatic heterocycles. The number of nitrogens with zero attached hydrogens (tertiary/aromatic N) is 1. The molecular weight excluding hydrogens is 374 g/mol. The van der Waals surface area contributed by atoms with Gasteiger partial charge in [0.1, 0.15) is 0 Å². The molecule has 2 heterocycles. The quantitative estimate of drug-likeness (QED) is 0.621. The second-order valence-corrected chi connectivity index (χ2v) is 7.73. The van der Waals surface area contributed by atoms with Gasteiger partial charge in [0.2, 0.25) is 5.91 Å². The van der Waals surface area contributed by atoms with Gasteiger partial charge in [-0.3, -0.25) is 14.9 Å². The highest BCUT2D eigenvalue weighted by molar-refractivity contribution is 7.15. The second-order valence-electron chi connectivity index (χ2n) is 6.67. The van der Waals surface area contributed by atoms with Crippen molar-refractivity contribution in [2.75, 3.05) is 11.9 Å². The summed E-state index contributed by atoms with van der Waals surface area (Å²) in [4.78, 5) is 29.8. The fraction of sp³-hybridized carbons (Fsp3) is 0.190. The first-order valence-corrected chi connectivity index (χ1v) is 9.76. The van der Waals surface area contributed by atoms with Gasteiger partial charge in [0.15, 0.2) is 10.7 Å². The van der Waals surface area contributed by atoms with E-state index in [1.807, 2.05) is 12.1 Å². The van der Waals surface area contributed by atoms with Crippen molar-refractivity contribution in [3.63, 3.8) is 0 Å². The van der Waals surface area contributed by atoms with Crippen LogP contribution in [0.15, 0.2) is 66.9 Å². The predicted molar refractivity (Wildman–Crippen MR) is 107 cm³/mol. The number of carbonyl (C=O) groups excluding carboxylic acids is 2. The summed E-state index contributed by atoms with van der Waals surface area (Å²) in [5.41, 5.74) is -0.902. The summed E-state index contributed by atoms with van der Waals surface area (Å²) in [6, 6.07) is 17.7. The number of thiazole rings is 1. The minimum absolute atomic E-state index is 0.0199. The van der Waals surface area contributed by atoms with E-state index in [2.05, 4.69) is 15.6 Å². The Hall–Kier alpha value is -3.03. The van der Waals surface area contributed by atoms with E-state index >= 15 is 0 Å². The van der Waals surface area contributed by atoms with E-state index in [1.54, 1.807) is 54.7 Å². The first kappa shape index (κ1) is 18.3. The van der Waals surface area contributed by atoms with Gasteiger partial charge in [-0.25, -0.2) is 4.98 Å². The molecule has 0 bridgehead atoms. The normalized spacial score (nSPS) is 16.6. The summed E-state index contributed by atoms with van der Waals surface area (Å²) in [7, 11) is 0. The molecule has 7 heteroatoms. The molecular formula is C21H19N3O3S. The molecule has 4 rings (SSSR count). The number of benzene rings is 2. The molecule has 3 aromatic rings. The van der Waals surface area contributed by atoms with E-state index in [0.717, 1.165) is 4.88 Å². The van der Waals surface area contributed by atoms with Gasteiger partial charge in [0.05, 0.1) is 0 Å². The number of hydrogen-bond donors (Lipinski definition) is 3. The third kappa shape index (κ3) is 3.42. The maximum atomic E-state index is 13.2. The minimum atomic E-state index is -1.85. The van der Waals surface area contributed by atoms with Crippen LogP contribution in [-0.4, -0.2) is 28.4 Å². The van der Waals surface area contributed by atoms with Gasteiger partial charge in [0, 0.05) is 30.0 Å². The van der Waals surface area contributed by atoms with Gasteiger partial charge < -0.3 is 10.4 Å². The number of amides is 2. The minimum Gasteiger partial charge on any atom is -0.372 e. The van der Waals surface area contributed by atoms with Crippen molar-refractivity contribution in [3.8, 4) is 0 Å². The van der Waals surface area contributed by atoms with E-state index in [-0.39, 0.29) is 11.8 Å². The van der Waals surface area contributed by atoms with Gasteiger partial charge in [0.25, 0.3) is 5.91 Å². The molecule has 1 aliphatic heterocycles. The number of aliphatic hydroxyl groups is 1. The number of nitrogens with one attached hydrogen (secondary N) is 2. The monoisotopic (exact) mass is 393 g/mol. The molecule has 1 unspecified atom stereocenters. The van der Waals surface area contributed by atoms with Crippen molar-refractivity contribution in [2.45, 2.75) is 17.9 Å². The Morgan fingerprint density at radius 3 is 2.25 bits per heavy atom. The Morgan fingerprint density at radius 1 is 1.11 bits per heavy atom. The Kier molecular flexibility index (Phi) is 4.93. The number of anilines is 1. The standard InChI is InChI=1S/C21H19N3O3S/c25-18-11-14(12-22-18)17-13-23-20(28-17)24-19(26)21(27,15-7-3-1-4-8-15)16-9-5-2-6-10-16/h1-10,13-14,27H,11-12H2,(H,22,25)(H,23,24,26). The third-order valence-corrected chi connectivity index (χ3v) is 5.91. The molecule has 6 nitrogen and oxygen atoms in total. The summed E-state index contributed by atoms with van der Waals surface area (Å²) in [5.74, 6) is -0.490. The van der Waals surface area contributed by atoms with Crippen molar-refractivity contribution in [3.05, 3.63) is 82.9 Å². The average Bonchev–Trinajstić information content (AvgIpc) is 3.37. The molecule has 0 aliphatic carbocycles. The fourth-order valence-corrected chi connectivity index (χ4v) is 4.23. The molecule has 0 saturated carbocycles.